The molecule has 6 heteroatoms. The average molecular weight is 477 g/mol. The van der Waals surface area contributed by atoms with Crippen LogP contribution in [0.1, 0.15) is 5.56 Å². The fraction of sp³-hybridized carbons (Fsp3) is 0. The predicted octanol–water partition coefficient (Wildman–Crippen LogP) is 5.86. The molecule has 2 aromatic rings. The lowest BCUT2D eigenvalue weighted by molar-refractivity contribution is -0.131. The summed E-state index contributed by atoms with van der Waals surface area (Å²) in [5, 5.41) is 8.75. The van der Waals surface area contributed by atoms with E-state index in [4.69, 9.17) is 9.84 Å². The van der Waals surface area contributed by atoms with E-state index in [9.17, 15) is 4.79 Å². The molecule has 2 aromatic carbocycles. The van der Waals surface area contributed by atoms with Gasteiger partial charge < -0.3 is 9.84 Å². The van der Waals surface area contributed by atoms with Gasteiger partial charge >= 0.3 is 5.97 Å². The van der Waals surface area contributed by atoms with E-state index in [0.717, 1.165) is 19.5 Å². The highest BCUT2D eigenvalue weighted by Gasteiger charge is 2.07. The number of carboxylic acid groups (broad SMARTS) is 1. The van der Waals surface area contributed by atoms with Crippen LogP contribution in [0.3, 0.4) is 0 Å². The van der Waals surface area contributed by atoms with Crippen molar-refractivity contribution < 1.29 is 14.6 Å². The van der Waals surface area contributed by atoms with E-state index in [1.165, 1.54) is 6.08 Å². The summed E-state index contributed by atoms with van der Waals surface area (Å²) in [5.74, 6) is 0.204. The van der Waals surface area contributed by atoms with Crippen LogP contribution in [0.5, 0.6) is 11.5 Å². The molecule has 2 rings (SSSR count). The van der Waals surface area contributed by atoms with Crippen LogP contribution in [0.2, 0.25) is 0 Å². The molecule has 0 aliphatic heterocycles. The molecule has 0 aliphatic rings. The van der Waals surface area contributed by atoms with Crippen LogP contribution in [-0.2, 0) is 4.79 Å². The summed E-state index contributed by atoms with van der Waals surface area (Å²) in [6.07, 6.45) is 2.57. The summed E-state index contributed by atoms with van der Waals surface area (Å²) >= 11 is 10.2. The summed E-state index contributed by atoms with van der Waals surface area (Å²) in [4.78, 5) is 10.7. The number of aliphatic carboxylic acids is 1. The monoisotopic (exact) mass is 474 g/mol. The Kier molecular flexibility index (Phi) is 5.61. The summed E-state index contributed by atoms with van der Waals surface area (Å²) in [6.45, 7) is 0. The number of ether oxygens (including phenoxy) is 1. The van der Waals surface area contributed by atoms with Crippen molar-refractivity contribution in [3.8, 4) is 11.5 Å². The van der Waals surface area contributed by atoms with E-state index >= 15 is 0 Å². The summed E-state index contributed by atoms with van der Waals surface area (Å²) in [7, 11) is 0. The van der Waals surface area contributed by atoms with Crippen molar-refractivity contribution >= 4 is 59.8 Å². The zero-order valence-electron chi connectivity index (χ0n) is 10.5. The van der Waals surface area contributed by atoms with Crippen LogP contribution in [0.25, 0.3) is 6.08 Å². The third-order valence-electron chi connectivity index (χ3n) is 2.49. The second-order valence-electron chi connectivity index (χ2n) is 4.03. The Bertz CT molecular complexity index is 711. The first-order valence-corrected chi connectivity index (χ1v) is 8.17. The van der Waals surface area contributed by atoms with Crippen molar-refractivity contribution in [1.29, 1.82) is 0 Å². The predicted molar refractivity (Wildman–Crippen MR) is 92.7 cm³/mol. The van der Waals surface area contributed by atoms with Gasteiger partial charge in [0.15, 0.2) is 0 Å². The van der Waals surface area contributed by atoms with E-state index in [1.807, 2.05) is 24.3 Å². The van der Waals surface area contributed by atoms with Gasteiger partial charge in [-0.25, -0.2) is 4.79 Å². The molecule has 0 bridgehead atoms. The van der Waals surface area contributed by atoms with Gasteiger partial charge in [-0.1, -0.05) is 31.9 Å². The van der Waals surface area contributed by atoms with Crippen LogP contribution in [0.4, 0.5) is 0 Å². The van der Waals surface area contributed by atoms with Gasteiger partial charge in [-0.3, -0.25) is 0 Å². The van der Waals surface area contributed by atoms with Gasteiger partial charge in [0.1, 0.15) is 11.5 Å². The molecule has 0 amide bonds. The van der Waals surface area contributed by atoms with Gasteiger partial charge in [0.05, 0.1) is 4.47 Å². The molecule has 1 N–H and O–H groups in total. The third-order valence-corrected chi connectivity index (χ3v) is 4.10. The second kappa shape index (κ2) is 7.24. The molecule has 0 unspecified atom stereocenters. The number of hydrogen-bond acceptors (Lipinski definition) is 2. The minimum absolute atomic E-state index is 0.568. The Morgan fingerprint density at radius 3 is 2.24 bits per heavy atom. The highest BCUT2D eigenvalue weighted by atomic mass is 79.9. The number of benzene rings is 2. The van der Waals surface area contributed by atoms with Crippen LogP contribution in [-0.4, -0.2) is 11.1 Å². The molecule has 0 atom stereocenters. The van der Waals surface area contributed by atoms with Crippen LogP contribution in [0.15, 0.2) is 55.9 Å². The van der Waals surface area contributed by atoms with Gasteiger partial charge in [0, 0.05) is 20.6 Å². The number of halogens is 3. The first kappa shape index (κ1) is 16.3. The summed E-state index contributed by atoms with van der Waals surface area (Å²) in [5.41, 5.74) is 0.668. The van der Waals surface area contributed by atoms with Crippen LogP contribution < -0.4 is 4.74 Å². The number of carboxylic acids is 1. The highest BCUT2D eigenvalue weighted by Crippen LogP contribution is 2.34. The smallest absolute Gasteiger partial charge is 0.328 e. The lowest BCUT2D eigenvalue weighted by atomic mass is 10.2. The Morgan fingerprint density at radius 1 is 1.00 bits per heavy atom. The lowest BCUT2D eigenvalue weighted by Crippen LogP contribution is -1.90. The second-order valence-corrected chi connectivity index (χ2v) is 6.72. The Morgan fingerprint density at radius 2 is 1.62 bits per heavy atom. The van der Waals surface area contributed by atoms with E-state index in [1.54, 1.807) is 12.1 Å². The molecule has 0 aromatic heterocycles. The van der Waals surface area contributed by atoms with Gasteiger partial charge in [-0.15, -0.1) is 0 Å². The molecule has 0 heterocycles. The minimum atomic E-state index is -1.01. The highest BCUT2D eigenvalue weighted by molar-refractivity contribution is 9.11. The van der Waals surface area contributed by atoms with Crippen LogP contribution in [0, 0.1) is 0 Å². The van der Waals surface area contributed by atoms with Crippen molar-refractivity contribution in [2.75, 3.05) is 0 Å². The first-order chi connectivity index (χ1) is 9.95. The largest absolute Gasteiger partial charge is 0.478 e. The Hall–Kier alpha value is -1.11. The maximum atomic E-state index is 10.7. The fourth-order valence-corrected chi connectivity index (χ4v) is 3.09. The van der Waals surface area contributed by atoms with Gasteiger partial charge in [0.25, 0.3) is 0 Å². The number of rotatable bonds is 4. The minimum Gasteiger partial charge on any atom is -0.478 e. The summed E-state index contributed by atoms with van der Waals surface area (Å²) in [6, 6.07) is 11.0. The van der Waals surface area contributed by atoms with E-state index < -0.39 is 5.97 Å². The fourth-order valence-electron chi connectivity index (χ4n) is 1.58. The van der Waals surface area contributed by atoms with E-state index in [0.29, 0.717) is 17.1 Å². The number of hydrogen-bond donors (Lipinski definition) is 1. The molecule has 0 spiro atoms. The summed E-state index contributed by atoms with van der Waals surface area (Å²) < 4.78 is 8.43. The molecule has 0 aliphatic carbocycles. The average Bonchev–Trinajstić information content (AvgIpc) is 2.41. The van der Waals surface area contributed by atoms with Crippen molar-refractivity contribution in [3.05, 3.63) is 61.5 Å². The van der Waals surface area contributed by atoms with Crippen molar-refractivity contribution in [1.82, 2.24) is 0 Å². The SMILES string of the molecule is O=C(O)/C=C/c1cc(Br)ccc1Oc1ccc(Br)cc1Br. The van der Waals surface area contributed by atoms with E-state index in [2.05, 4.69) is 47.8 Å². The molecule has 0 radical (unpaired) electrons. The molecule has 0 fully saturated rings. The molecule has 0 saturated heterocycles. The van der Waals surface area contributed by atoms with Crippen LogP contribution >= 0.6 is 47.8 Å². The Labute approximate surface area is 147 Å². The normalized spacial score (nSPS) is 10.8. The van der Waals surface area contributed by atoms with E-state index in [-0.39, 0.29) is 0 Å². The van der Waals surface area contributed by atoms with Gasteiger partial charge in [0.2, 0.25) is 0 Å². The maximum Gasteiger partial charge on any atom is 0.328 e. The van der Waals surface area contributed by atoms with Crippen molar-refractivity contribution in [2.24, 2.45) is 0 Å². The zero-order chi connectivity index (χ0) is 15.4. The molecule has 0 saturated carbocycles. The van der Waals surface area contributed by atoms with Gasteiger partial charge in [-0.05, 0) is 58.4 Å². The lowest BCUT2D eigenvalue weighted by Gasteiger charge is -2.11. The zero-order valence-corrected chi connectivity index (χ0v) is 15.3. The Balaban J connectivity index is 2.37. The topological polar surface area (TPSA) is 46.5 Å². The first-order valence-electron chi connectivity index (χ1n) is 5.79. The molecule has 108 valence electrons. The molecule has 21 heavy (non-hydrogen) atoms. The maximum absolute atomic E-state index is 10.7. The number of carbonyl (C=O) groups is 1. The van der Waals surface area contributed by atoms with Gasteiger partial charge in [-0.2, -0.15) is 0 Å². The molecular weight excluding hydrogens is 468 g/mol. The van der Waals surface area contributed by atoms with Crippen molar-refractivity contribution in [2.45, 2.75) is 0 Å². The van der Waals surface area contributed by atoms with Crippen molar-refractivity contribution in [3.63, 3.8) is 0 Å². The quantitative estimate of drug-likeness (QED) is 0.562. The standard InChI is InChI=1S/C15H9Br3O3/c16-10-2-4-13(9(7-10)1-6-15(19)20)21-14-5-3-11(17)8-12(14)18/h1-8H,(H,19,20)/b6-1+. The molecular formula is C15H9Br3O3. The molecule has 3 nitrogen and oxygen atoms in total. The third kappa shape index (κ3) is 4.69.